The van der Waals surface area contributed by atoms with Crippen molar-refractivity contribution < 1.29 is 0 Å². The van der Waals surface area contributed by atoms with Crippen molar-refractivity contribution in [1.82, 2.24) is 9.88 Å². The van der Waals surface area contributed by atoms with Gasteiger partial charge >= 0.3 is 0 Å². The molecule has 102 valence electrons. The maximum atomic E-state index is 6.18. The van der Waals surface area contributed by atoms with E-state index in [1.807, 2.05) is 0 Å². The smallest absolute Gasteiger partial charge is 0.107 e. The predicted molar refractivity (Wildman–Crippen MR) is 77.7 cm³/mol. The zero-order chi connectivity index (χ0) is 13.3. The number of hydrogen-bond donors (Lipinski definition) is 1. The van der Waals surface area contributed by atoms with Gasteiger partial charge in [0.15, 0.2) is 0 Å². The van der Waals surface area contributed by atoms with Crippen molar-refractivity contribution in [3.63, 3.8) is 0 Å². The maximum absolute atomic E-state index is 6.18. The first kappa shape index (κ1) is 14.0. The Labute approximate surface area is 114 Å². The lowest BCUT2D eigenvalue weighted by Gasteiger charge is -2.29. The summed E-state index contributed by atoms with van der Waals surface area (Å²) >= 11 is 1.78. The standard InChI is InChI=1S/C14H25N3S/c1-10-6-5-7-17(8-10)9-12-16-11(2)13(18-12)14(3,4)15/h10H,5-9,15H2,1-4H3. The second-order valence-electron chi connectivity index (χ2n) is 6.23. The van der Waals surface area contributed by atoms with Gasteiger partial charge in [-0.1, -0.05) is 6.92 Å². The Kier molecular flexibility index (Phi) is 4.09. The second kappa shape index (κ2) is 5.27. The van der Waals surface area contributed by atoms with E-state index in [-0.39, 0.29) is 5.54 Å². The first-order valence-electron chi connectivity index (χ1n) is 6.84. The largest absolute Gasteiger partial charge is 0.321 e. The van der Waals surface area contributed by atoms with Crippen molar-refractivity contribution in [2.24, 2.45) is 11.7 Å². The Hall–Kier alpha value is -0.450. The van der Waals surface area contributed by atoms with Crippen LogP contribution in [0.5, 0.6) is 0 Å². The fourth-order valence-electron chi connectivity index (χ4n) is 2.74. The molecule has 0 spiro atoms. The molecular weight excluding hydrogens is 242 g/mol. The van der Waals surface area contributed by atoms with Crippen LogP contribution in [0, 0.1) is 12.8 Å². The number of aryl methyl sites for hydroxylation is 1. The highest BCUT2D eigenvalue weighted by molar-refractivity contribution is 7.11. The number of rotatable bonds is 3. The van der Waals surface area contributed by atoms with E-state index in [9.17, 15) is 0 Å². The second-order valence-corrected chi connectivity index (χ2v) is 7.31. The zero-order valence-electron chi connectivity index (χ0n) is 12.0. The molecule has 2 heterocycles. The van der Waals surface area contributed by atoms with E-state index in [4.69, 9.17) is 10.7 Å². The Bertz CT molecular complexity index is 406. The molecule has 1 fully saturated rings. The number of hydrogen-bond acceptors (Lipinski definition) is 4. The van der Waals surface area contributed by atoms with E-state index in [0.717, 1.165) is 18.2 Å². The number of nitrogens with zero attached hydrogens (tertiary/aromatic N) is 2. The van der Waals surface area contributed by atoms with Gasteiger partial charge in [-0.25, -0.2) is 4.98 Å². The molecular formula is C14H25N3S. The molecule has 0 aromatic carbocycles. The van der Waals surface area contributed by atoms with Crippen molar-refractivity contribution in [1.29, 1.82) is 0 Å². The molecule has 1 aromatic heterocycles. The van der Waals surface area contributed by atoms with Crippen LogP contribution < -0.4 is 5.73 Å². The highest BCUT2D eigenvalue weighted by atomic mass is 32.1. The molecule has 1 aromatic rings. The van der Waals surface area contributed by atoms with Gasteiger partial charge < -0.3 is 5.73 Å². The molecule has 2 rings (SSSR count). The van der Waals surface area contributed by atoms with E-state index in [1.165, 1.54) is 35.8 Å². The van der Waals surface area contributed by atoms with Crippen molar-refractivity contribution >= 4 is 11.3 Å². The first-order valence-corrected chi connectivity index (χ1v) is 7.66. The maximum Gasteiger partial charge on any atom is 0.107 e. The van der Waals surface area contributed by atoms with Crippen LogP contribution in [0.2, 0.25) is 0 Å². The molecule has 1 saturated heterocycles. The van der Waals surface area contributed by atoms with Gasteiger partial charge in [-0.2, -0.15) is 0 Å². The third kappa shape index (κ3) is 3.31. The van der Waals surface area contributed by atoms with Crippen molar-refractivity contribution in [3.8, 4) is 0 Å². The lowest BCUT2D eigenvalue weighted by atomic mass is 10.0. The van der Waals surface area contributed by atoms with Gasteiger partial charge in [0, 0.05) is 17.0 Å². The van der Waals surface area contributed by atoms with Gasteiger partial charge in [0.1, 0.15) is 5.01 Å². The summed E-state index contributed by atoms with van der Waals surface area (Å²) in [5.74, 6) is 0.824. The number of thiazole rings is 1. The SMILES string of the molecule is Cc1nc(CN2CCCC(C)C2)sc1C(C)(C)N. The summed E-state index contributed by atoms with van der Waals surface area (Å²) in [5, 5.41) is 1.22. The minimum atomic E-state index is -0.269. The summed E-state index contributed by atoms with van der Waals surface area (Å²) in [5.41, 5.74) is 7.02. The average Bonchev–Trinajstić information content (AvgIpc) is 2.59. The minimum Gasteiger partial charge on any atom is -0.321 e. The number of piperidine rings is 1. The number of likely N-dealkylation sites (tertiary alicyclic amines) is 1. The minimum absolute atomic E-state index is 0.269. The number of nitrogens with two attached hydrogens (primary N) is 1. The monoisotopic (exact) mass is 267 g/mol. The van der Waals surface area contributed by atoms with Crippen molar-refractivity contribution in [3.05, 3.63) is 15.6 Å². The molecule has 0 aliphatic carbocycles. The van der Waals surface area contributed by atoms with Crippen LogP contribution in [0.3, 0.4) is 0 Å². The Morgan fingerprint density at radius 1 is 1.50 bits per heavy atom. The van der Waals surface area contributed by atoms with Gasteiger partial charge in [-0.05, 0) is 46.1 Å². The molecule has 1 atom stereocenters. The topological polar surface area (TPSA) is 42.2 Å². The van der Waals surface area contributed by atoms with Crippen LogP contribution in [0.25, 0.3) is 0 Å². The van der Waals surface area contributed by atoms with Gasteiger partial charge in [0.2, 0.25) is 0 Å². The summed E-state index contributed by atoms with van der Waals surface area (Å²) < 4.78 is 0. The van der Waals surface area contributed by atoms with Crippen LogP contribution in [-0.2, 0) is 12.1 Å². The van der Waals surface area contributed by atoms with Crippen LogP contribution in [0.4, 0.5) is 0 Å². The fourth-order valence-corrected chi connectivity index (χ4v) is 3.86. The molecule has 3 nitrogen and oxygen atoms in total. The average molecular weight is 267 g/mol. The summed E-state index contributed by atoms with van der Waals surface area (Å²) in [6, 6.07) is 0. The molecule has 0 saturated carbocycles. The third-order valence-electron chi connectivity index (χ3n) is 3.53. The molecule has 18 heavy (non-hydrogen) atoms. The van der Waals surface area contributed by atoms with Crippen LogP contribution in [0.1, 0.15) is 49.2 Å². The lowest BCUT2D eigenvalue weighted by Crippen LogP contribution is -2.33. The highest BCUT2D eigenvalue weighted by Crippen LogP contribution is 2.29. The molecule has 0 bridgehead atoms. The third-order valence-corrected chi connectivity index (χ3v) is 5.01. The highest BCUT2D eigenvalue weighted by Gasteiger charge is 2.23. The van der Waals surface area contributed by atoms with E-state index >= 15 is 0 Å². The molecule has 4 heteroatoms. The summed E-state index contributed by atoms with van der Waals surface area (Å²) in [7, 11) is 0. The van der Waals surface area contributed by atoms with Crippen LogP contribution >= 0.6 is 11.3 Å². The quantitative estimate of drug-likeness (QED) is 0.915. The van der Waals surface area contributed by atoms with Gasteiger partial charge in [0.05, 0.1) is 12.2 Å². The first-order chi connectivity index (χ1) is 8.36. The van der Waals surface area contributed by atoms with Gasteiger partial charge in [0.25, 0.3) is 0 Å². The van der Waals surface area contributed by atoms with Crippen molar-refractivity contribution in [2.45, 2.75) is 52.6 Å². The Balaban J connectivity index is 2.06. The molecule has 0 amide bonds. The zero-order valence-corrected chi connectivity index (χ0v) is 12.8. The summed E-state index contributed by atoms with van der Waals surface area (Å²) in [4.78, 5) is 8.45. The molecule has 0 radical (unpaired) electrons. The molecule has 1 aliphatic rings. The lowest BCUT2D eigenvalue weighted by molar-refractivity contribution is 0.176. The van der Waals surface area contributed by atoms with Crippen molar-refractivity contribution in [2.75, 3.05) is 13.1 Å². The fraction of sp³-hybridized carbons (Fsp3) is 0.786. The Morgan fingerprint density at radius 2 is 2.22 bits per heavy atom. The Morgan fingerprint density at radius 3 is 2.78 bits per heavy atom. The van der Waals surface area contributed by atoms with E-state index in [1.54, 1.807) is 11.3 Å². The molecule has 1 aliphatic heterocycles. The number of aromatic nitrogens is 1. The van der Waals surface area contributed by atoms with Gasteiger partial charge in [-0.15, -0.1) is 11.3 Å². The van der Waals surface area contributed by atoms with Gasteiger partial charge in [-0.3, -0.25) is 4.90 Å². The van der Waals surface area contributed by atoms with Crippen LogP contribution in [-0.4, -0.2) is 23.0 Å². The molecule has 2 N–H and O–H groups in total. The van der Waals surface area contributed by atoms with E-state index in [0.29, 0.717) is 0 Å². The predicted octanol–water partition coefficient (Wildman–Crippen LogP) is 2.88. The van der Waals surface area contributed by atoms with Crippen LogP contribution in [0.15, 0.2) is 0 Å². The molecule has 1 unspecified atom stereocenters. The normalized spacial score (nSPS) is 22.4. The summed E-state index contributed by atoms with van der Waals surface area (Å²) in [6.07, 6.45) is 2.69. The van der Waals surface area contributed by atoms with E-state index in [2.05, 4.69) is 32.6 Å². The summed E-state index contributed by atoms with van der Waals surface area (Å²) in [6.45, 7) is 11.9. The van der Waals surface area contributed by atoms with E-state index < -0.39 is 0 Å².